The van der Waals surface area contributed by atoms with Crippen molar-refractivity contribution in [2.75, 3.05) is 0 Å². The van der Waals surface area contributed by atoms with E-state index in [0.717, 1.165) is 16.3 Å². The van der Waals surface area contributed by atoms with E-state index < -0.39 is 0 Å². The molecule has 0 radical (unpaired) electrons. The lowest BCUT2D eigenvalue weighted by Gasteiger charge is -2.05. The Balaban J connectivity index is 2.55. The molecule has 1 aromatic heterocycles. The summed E-state index contributed by atoms with van der Waals surface area (Å²) >= 11 is 7.89. The summed E-state index contributed by atoms with van der Waals surface area (Å²) in [4.78, 5) is 6.15. The maximum atomic E-state index is 6.07. The van der Waals surface area contributed by atoms with Gasteiger partial charge in [0.05, 0.1) is 10.7 Å². The van der Waals surface area contributed by atoms with Gasteiger partial charge in [-0.05, 0) is 18.1 Å². The van der Waals surface area contributed by atoms with Crippen molar-refractivity contribution in [1.29, 1.82) is 0 Å². The quantitative estimate of drug-likeness (QED) is 0.701. The van der Waals surface area contributed by atoms with Crippen LogP contribution in [0.3, 0.4) is 0 Å². The van der Waals surface area contributed by atoms with E-state index in [1.165, 1.54) is 9.88 Å². The van der Waals surface area contributed by atoms with E-state index in [1.807, 2.05) is 29.5 Å². The van der Waals surface area contributed by atoms with Crippen LogP contribution in [0.25, 0.3) is 11.3 Å². The van der Waals surface area contributed by atoms with E-state index in [9.17, 15) is 0 Å². The minimum Gasteiger partial charge on any atom is -0.241 e. The van der Waals surface area contributed by atoms with Gasteiger partial charge in [0.2, 0.25) is 0 Å². The fourth-order valence-corrected chi connectivity index (χ4v) is 3.11. The van der Waals surface area contributed by atoms with Gasteiger partial charge in [0.15, 0.2) is 0 Å². The summed E-state index contributed by atoms with van der Waals surface area (Å²) in [6.45, 7) is 8.80. The number of benzene rings is 1. The molecule has 0 spiro atoms. The minimum atomic E-state index is 0.473. The van der Waals surface area contributed by atoms with Gasteiger partial charge in [-0.25, -0.2) is 4.98 Å². The second kappa shape index (κ2) is 5.41. The fraction of sp³-hybridized carbons (Fsp3) is 0.400. The highest BCUT2D eigenvalue weighted by Gasteiger charge is 2.17. The molecule has 0 aliphatic heterocycles. The van der Waals surface area contributed by atoms with Gasteiger partial charge in [0, 0.05) is 21.4 Å². The molecular formula is C15H18ClNS. The van der Waals surface area contributed by atoms with Gasteiger partial charge in [-0.3, -0.25) is 0 Å². The third-order valence-corrected chi connectivity index (χ3v) is 4.68. The Morgan fingerprint density at radius 2 is 1.83 bits per heavy atom. The van der Waals surface area contributed by atoms with Crippen molar-refractivity contribution in [3.8, 4) is 11.3 Å². The highest BCUT2D eigenvalue weighted by molar-refractivity contribution is 7.12. The van der Waals surface area contributed by atoms with Gasteiger partial charge in [-0.1, -0.05) is 51.4 Å². The first kappa shape index (κ1) is 13.6. The third kappa shape index (κ3) is 2.76. The molecular weight excluding hydrogens is 262 g/mol. The Hall–Kier alpha value is -0.860. The summed E-state index contributed by atoms with van der Waals surface area (Å²) in [5.74, 6) is 0.962. The largest absolute Gasteiger partial charge is 0.241 e. The molecule has 1 aromatic carbocycles. The molecule has 2 aromatic rings. The van der Waals surface area contributed by atoms with E-state index in [4.69, 9.17) is 16.6 Å². The van der Waals surface area contributed by atoms with Gasteiger partial charge >= 0.3 is 0 Å². The van der Waals surface area contributed by atoms with Gasteiger partial charge in [-0.2, -0.15) is 0 Å². The second-order valence-electron chi connectivity index (χ2n) is 5.08. The van der Waals surface area contributed by atoms with Crippen molar-refractivity contribution in [1.82, 2.24) is 4.98 Å². The van der Waals surface area contributed by atoms with Crippen LogP contribution in [0, 0.1) is 0 Å². The molecule has 0 aliphatic rings. The Morgan fingerprint density at radius 3 is 2.39 bits per heavy atom. The topological polar surface area (TPSA) is 12.9 Å². The highest BCUT2D eigenvalue weighted by Crippen LogP contribution is 2.36. The number of halogens is 1. The Bertz CT molecular complexity index is 543. The van der Waals surface area contributed by atoms with E-state index in [2.05, 4.69) is 33.8 Å². The van der Waals surface area contributed by atoms with Crippen LogP contribution in [-0.4, -0.2) is 4.98 Å². The number of hydrogen-bond donors (Lipinski definition) is 0. The first-order chi connectivity index (χ1) is 8.49. The molecule has 1 nitrogen and oxygen atoms in total. The zero-order chi connectivity index (χ0) is 13.3. The van der Waals surface area contributed by atoms with Crippen molar-refractivity contribution < 1.29 is 0 Å². The van der Waals surface area contributed by atoms with Crippen LogP contribution in [0.4, 0.5) is 0 Å². The maximum absolute atomic E-state index is 6.07. The van der Waals surface area contributed by atoms with E-state index in [0.29, 0.717) is 11.8 Å². The van der Waals surface area contributed by atoms with E-state index >= 15 is 0 Å². The number of nitrogens with zero attached hydrogens (tertiary/aromatic N) is 1. The maximum Gasteiger partial charge on any atom is 0.0960 e. The Labute approximate surface area is 118 Å². The average Bonchev–Trinajstić information content (AvgIpc) is 2.73. The summed E-state index contributed by atoms with van der Waals surface area (Å²) in [5, 5.41) is 1.97. The normalized spacial score (nSPS) is 11.5. The molecule has 1 heterocycles. The monoisotopic (exact) mass is 279 g/mol. The number of aromatic nitrogens is 1. The lowest BCUT2D eigenvalue weighted by molar-refractivity contribution is 0.852. The number of hydrogen-bond acceptors (Lipinski definition) is 2. The first-order valence-electron chi connectivity index (χ1n) is 6.25. The molecule has 0 atom stereocenters. The van der Waals surface area contributed by atoms with Crippen LogP contribution in [0.2, 0.25) is 5.02 Å². The Kier molecular flexibility index (Phi) is 4.08. The summed E-state index contributed by atoms with van der Waals surface area (Å²) in [6, 6.07) is 7.95. The van der Waals surface area contributed by atoms with Crippen molar-refractivity contribution in [3.05, 3.63) is 39.2 Å². The molecule has 0 saturated heterocycles. The predicted octanol–water partition coefficient (Wildman–Crippen LogP) is 5.71. The van der Waals surface area contributed by atoms with Crippen LogP contribution in [-0.2, 0) is 0 Å². The van der Waals surface area contributed by atoms with Crippen LogP contribution >= 0.6 is 22.9 Å². The zero-order valence-electron chi connectivity index (χ0n) is 11.2. The Morgan fingerprint density at radius 1 is 1.11 bits per heavy atom. The van der Waals surface area contributed by atoms with E-state index in [-0.39, 0.29) is 0 Å². The summed E-state index contributed by atoms with van der Waals surface area (Å²) in [7, 11) is 0. The highest BCUT2D eigenvalue weighted by atomic mass is 35.5. The molecule has 0 aliphatic carbocycles. The summed E-state index contributed by atoms with van der Waals surface area (Å²) in [5.41, 5.74) is 2.22. The van der Waals surface area contributed by atoms with Crippen molar-refractivity contribution in [3.63, 3.8) is 0 Å². The molecule has 0 unspecified atom stereocenters. The number of thiazole rings is 1. The number of rotatable bonds is 3. The van der Waals surface area contributed by atoms with Gasteiger partial charge < -0.3 is 0 Å². The molecule has 0 saturated carbocycles. The minimum absolute atomic E-state index is 0.473. The fourth-order valence-electron chi connectivity index (χ4n) is 1.83. The molecule has 3 heteroatoms. The second-order valence-corrected chi connectivity index (χ2v) is 6.58. The van der Waals surface area contributed by atoms with E-state index in [1.54, 1.807) is 0 Å². The smallest absolute Gasteiger partial charge is 0.0960 e. The molecule has 0 bridgehead atoms. The lowest BCUT2D eigenvalue weighted by Crippen LogP contribution is -1.88. The van der Waals surface area contributed by atoms with Crippen LogP contribution in [0.1, 0.15) is 49.4 Å². The molecule has 0 N–H and O–H groups in total. The molecule has 0 amide bonds. The molecule has 2 rings (SSSR count). The summed E-state index contributed by atoms with van der Waals surface area (Å²) in [6.07, 6.45) is 0. The van der Waals surface area contributed by atoms with Gasteiger partial charge in [0.1, 0.15) is 0 Å². The first-order valence-corrected chi connectivity index (χ1v) is 7.45. The van der Waals surface area contributed by atoms with Crippen LogP contribution < -0.4 is 0 Å². The van der Waals surface area contributed by atoms with Gasteiger partial charge in [0.25, 0.3) is 0 Å². The van der Waals surface area contributed by atoms with Gasteiger partial charge in [-0.15, -0.1) is 11.3 Å². The van der Waals surface area contributed by atoms with Crippen molar-refractivity contribution in [2.24, 2.45) is 0 Å². The predicted molar refractivity (Wildman–Crippen MR) is 80.7 cm³/mol. The van der Waals surface area contributed by atoms with Crippen LogP contribution in [0.15, 0.2) is 24.3 Å². The summed E-state index contributed by atoms with van der Waals surface area (Å²) < 4.78 is 0. The molecule has 18 heavy (non-hydrogen) atoms. The SMILES string of the molecule is CC(C)c1nc(-c2cccc(Cl)c2)c(C(C)C)s1. The lowest BCUT2D eigenvalue weighted by atomic mass is 10.1. The molecule has 0 fully saturated rings. The van der Waals surface area contributed by atoms with Crippen LogP contribution in [0.5, 0.6) is 0 Å². The average molecular weight is 280 g/mol. The molecule has 96 valence electrons. The standard InChI is InChI=1S/C15H18ClNS/c1-9(2)14-13(17-15(18-14)10(3)4)11-6-5-7-12(16)8-11/h5-10H,1-4H3. The van der Waals surface area contributed by atoms with Crippen molar-refractivity contribution in [2.45, 2.75) is 39.5 Å². The third-order valence-electron chi connectivity index (χ3n) is 2.79. The zero-order valence-corrected chi connectivity index (χ0v) is 12.8. The van der Waals surface area contributed by atoms with Crippen molar-refractivity contribution >= 4 is 22.9 Å².